The maximum Gasteiger partial charge on any atom is 0.306 e. The van der Waals surface area contributed by atoms with Gasteiger partial charge in [0.25, 0.3) is 0 Å². The smallest absolute Gasteiger partial charge is 0.306 e. The molecule has 1 aliphatic rings. The quantitative estimate of drug-likeness (QED) is 0.884. The lowest BCUT2D eigenvalue weighted by molar-refractivity contribution is -0.138. The molecule has 19 heavy (non-hydrogen) atoms. The molecule has 1 aliphatic carbocycles. The summed E-state index contributed by atoms with van der Waals surface area (Å²) in [6.07, 6.45) is 0.822. The number of rotatable bonds is 5. The third-order valence-electron chi connectivity index (χ3n) is 4.06. The molecule has 0 amide bonds. The van der Waals surface area contributed by atoms with Crippen molar-refractivity contribution in [3.8, 4) is 0 Å². The molecule has 0 heterocycles. The van der Waals surface area contributed by atoms with E-state index in [1.807, 2.05) is 0 Å². The second kappa shape index (κ2) is 5.24. The van der Waals surface area contributed by atoms with Crippen LogP contribution in [0.2, 0.25) is 0 Å². The number of carbonyl (C=O) groups is 1. The molecule has 1 N–H and O–H groups in total. The molecule has 3 nitrogen and oxygen atoms in total. The zero-order valence-electron chi connectivity index (χ0n) is 12.2. The van der Waals surface area contributed by atoms with Crippen LogP contribution in [0.1, 0.15) is 37.3 Å². The number of aliphatic carboxylic acids is 1. The first-order valence-corrected chi connectivity index (χ1v) is 6.94. The van der Waals surface area contributed by atoms with Crippen molar-refractivity contribution in [1.29, 1.82) is 0 Å². The summed E-state index contributed by atoms with van der Waals surface area (Å²) in [4.78, 5) is 13.1. The van der Waals surface area contributed by atoms with E-state index in [0.717, 1.165) is 13.0 Å². The minimum Gasteiger partial charge on any atom is -0.481 e. The molecular formula is C16H23NO2. The highest BCUT2D eigenvalue weighted by Crippen LogP contribution is 2.40. The standard InChI is InChI=1S/C16H23NO2/c1-10(2)12-6-5-11(3)15(8-12)17(4)9-13-7-14(13)16(18)19/h5-6,8,10,13-14H,7,9H2,1-4H3,(H,18,19). The van der Waals surface area contributed by atoms with Gasteiger partial charge in [0.2, 0.25) is 0 Å². The fraction of sp³-hybridized carbons (Fsp3) is 0.562. The molecule has 104 valence electrons. The summed E-state index contributed by atoms with van der Waals surface area (Å²) in [6, 6.07) is 6.56. The molecule has 1 fully saturated rings. The van der Waals surface area contributed by atoms with Gasteiger partial charge in [-0.05, 0) is 42.4 Å². The number of carboxylic acids is 1. The van der Waals surface area contributed by atoms with Crippen LogP contribution < -0.4 is 4.90 Å². The van der Waals surface area contributed by atoms with E-state index in [1.165, 1.54) is 16.8 Å². The third-order valence-corrected chi connectivity index (χ3v) is 4.06. The largest absolute Gasteiger partial charge is 0.481 e. The zero-order valence-corrected chi connectivity index (χ0v) is 12.2. The minimum absolute atomic E-state index is 0.129. The summed E-state index contributed by atoms with van der Waals surface area (Å²) in [6.45, 7) is 7.32. The Morgan fingerprint density at radius 1 is 1.47 bits per heavy atom. The summed E-state index contributed by atoms with van der Waals surface area (Å²) >= 11 is 0. The van der Waals surface area contributed by atoms with Gasteiger partial charge in [-0.3, -0.25) is 4.79 Å². The molecule has 2 rings (SSSR count). The Morgan fingerprint density at radius 2 is 2.16 bits per heavy atom. The van der Waals surface area contributed by atoms with Crippen molar-refractivity contribution in [2.24, 2.45) is 11.8 Å². The molecule has 1 aromatic carbocycles. The molecule has 2 atom stereocenters. The van der Waals surface area contributed by atoms with Crippen molar-refractivity contribution < 1.29 is 9.90 Å². The number of nitrogens with zero attached hydrogens (tertiary/aromatic N) is 1. The molecule has 0 bridgehead atoms. The average molecular weight is 261 g/mol. The van der Waals surface area contributed by atoms with Crippen molar-refractivity contribution in [3.63, 3.8) is 0 Å². The summed E-state index contributed by atoms with van der Waals surface area (Å²) in [5.74, 6) is 0.0483. The van der Waals surface area contributed by atoms with Gasteiger partial charge in [-0.15, -0.1) is 0 Å². The molecule has 0 spiro atoms. The number of hydrogen-bond acceptors (Lipinski definition) is 2. The number of hydrogen-bond donors (Lipinski definition) is 1. The Kier molecular flexibility index (Phi) is 3.83. The highest BCUT2D eigenvalue weighted by Gasteiger charge is 2.43. The summed E-state index contributed by atoms with van der Waals surface area (Å²) in [5.41, 5.74) is 3.81. The van der Waals surface area contributed by atoms with Gasteiger partial charge in [-0.25, -0.2) is 0 Å². The van der Waals surface area contributed by atoms with E-state index in [2.05, 4.69) is 50.9 Å². The second-order valence-corrected chi connectivity index (χ2v) is 6.02. The van der Waals surface area contributed by atoms with Gasteiger partial charge < -0.3 is 10.0 Å². The van der Waals surface area contributed by atoms with Crippen LogP contribution in [0.3, 0.4) is 0 Å². The van der Waals surface area contributed by atoms with Crippen LogP contribution in [0, 0.1) is 18.8 Å². The maximum absolute atomic E-state index is 10.9. The van der Waals surface area contributed by atoms with Gasteiger partial charge in [0, 0.05) is 19.3 Å². The van der Waals surface area contributed by atoms with Crippen molar-refractivity contribution in [2.45, 2.75) is 33.1 Å². The fourth-order valence-corrected chi connectivity index (χ4v) is 2.60. The Morgan fingerprint density at radius 3 is 2.68 bits per heavy atom. The van der Waals surface area contributed by atoms with Crippen molar-refractivity contribution in [1.82, 2.24) is 0 Å². The van der Waals surface area contributed by atoms with Gasteiger partial charge in [-0.2, -0.15) is 0 Å². The zero-order chi connectivity index (χ0) is 14.2. The van der Waals surface area contributed by atoms with Crippen molar-refractivity contribution in [2.75, 3.05) is 18.5 Å². The van der Waals surface area contributed by atoms with Gasteiger partial charge in [0.1, 0.15) is 0 Å². The average Bonchev–Trinajstić information content (AvgIpc) is 3.08. The van der Waals surface area contributed by atoms with Crippen LogP contribution >= 0.6 is 0 Å². The summed E-state index contributed by atoms with van der Waals surface area (Å²) in [7, 11) is 2.06. The lowest BCUT2D eigenvalue weighted by atomic mass is 10.00. The first kappa shape index (κ1) is 13.9. The van der Waals surface area contributed by atoms with E-state index in [0.29, 0.717) is 11.8 Å². The van der Waals surface area contributed by atoms with E-state index < -0.39 is 5.97 Å². The van der Waals surface area contributed by atoms with Gasteiger partial charge >= 0.3 is 5.97 Å². The number of aryl methyl sites for hydroxylation is 1. The Balaban J connectivity index is 2.08. The van der Waals surface area contributed by atoms with Crippen molar-refractivity contribution >= 4 is 11.7 Å². The number of benzene rings is 1. The molecule has 2 unspecified atom stereocenters. The molecule has 0 aliphatic heterocycles. The van der Waals surface area contributed by atoms with Gasteiger partial charge in [0.05, 0.1) is 5.92 Å². The molecular weight excluding hydrogens is 238 g/mol. The first-order valence-electron chi connectivity index (χ1n) is 6.94. The van der Waals surface area contributed by atoms with Crippen LogP contribution in [-0.2, 0) is 4.79 Å². The van der Waals surface area contributed by atoms with E-state index >= 15 is 0 Å². The predicted molar refractivity (Wildman–Crippen MR) is 77.8 cm³/mol. The fourth-order valence-electron chi connectivity index (χ4n) is 2.60. The lowest BCUT2D eigenvalue weighted by Crippen LogP contribution is -2.22. The highest BCUT2D eigenvalue weighted by molar-refractivity contribution is 5.73. The number of anilines is 1. The van der Waals surface area contributed by atoms with E-state index in [1.54, 1.807) is 0 Å². The van der Waals surface area contributed by atoms with Crippen molar-refractivity contribution in [3.05, 3.63) is 29.3 Å². The minimum atomic E-state index is -0.647. The normalized spacial score (nSPS) is 21.5. The Labute approximate surface area is 115 Å². The van der Waals surface area contributed by atoms with Crippen LogP contribution in [0.25, 0.3) is 0 Å². The van der Waals surface area contributed by atoms with Gasteiger partial charge in [0.15, 0.2) is 0 Å². The predicted octanol–water partition coefficient (Wildman–Crippen LogP) is 3.28. The lowest BCUT2D eigenvalue weighted by Gasteiger charge is -2.23. The van der Waals surface area contributed by atoms with E-state index in [4.69, 9.17) is 5.11 Å². The molecule has 0 radical (unpaired) electrons. The summed E-state index contributed by atoms with van der Waals surface area (Å²) in [5, 5.41) is 8.96. The van der Waals surface area contributed by atoms with Crippen LogP contribution in [0.15, 0.2) is 18.2 Å². The monoisotopic (exact) mass is 261 g/mol. The molecule has 1 aromatic rings. The van der Waals surface area contributed by atoms with Crippen LogP contribution in [0.5, 0.6) is 0 Å². The molecule has 3 heteroatoms. The third kappa shape index (κ3) is 3.09. The molecule has 1 saturated carbocycles. The maximum atomic E-state index is 10.9. The number of carboxylic acid groups (broad SMARTS) is 1. The SMILES string of the molecule is Cc1ccc(C(C)C)cc1N(C)CC1CC1C(=O)O. The van der Waals surface area contributed by atoms with Crippen LogP contribution in [0.4, 0.5) is 5.69 Å². The Bertz CT molecular complexity index is 482. The second-order valence-electron chi connectivity index (χ2n) is 6.02. The topological polar surface area (TPSA) is 40.5 Å². The van der Waals surface area contributed by atoms with E-state index in [9.17, 15) is 4.79 Å². The Hall–Kier alpha value is -1.51. The van der Waals surface area contributed by atoms with Gasteiger partial charge in [-0.1, -0.05) is 26.0 Å². The highest BCUT2D eigenvalue weighted by atomic mass is 16.4. The summed E-state index contributed by atoms with van der Waals surface area (Å²) < 4.78 is 0. The first-order chi connectivity index (χ1) is 8.90. The molecule has 0 saturated heterocycles. The van der Waals surface area contributed by atoms with Crippen LogP contribution in [-0.4, -0.2) is 24.7 Å². The van der Waals surface area contributed by atoms with E-state index in [-0.39, 0.29) is 5.92 Å². The molecule has 0 aromatic heterocycles.